The molecule has 0 saturated carbocycles. The van der Waals surface area contributed by atoms with E-state index < -0.39 is 5.82 Å². The number of hydrogen-bond donors (Lipinski definition) is 0. The second kappa shape index (κ2) is 8.81. The molecule has 11 nitrogen and oxygen atoms in total. The quantitative estimate of drug-likeness (QED) is 0.413. The van der Waals surface area contributed by atoms with Crippen molar-refractivity contribution in [3.05, 3.63) is 48.7 Å². The smallest absolute Gasteiger partial charge is 0.188 e. The average molecular weight is 461 g/mol. The summed E-state index contributed by atoms with van der Waals surface area (Å²) in [5, 5.41) is 12.1. The number of hydrogen-bond acceptors (Lipinski definition) is 10. The molecule has 12 heteroatoms. The minimum absolute atomic E-state index is 0.0359. The van der Waals surface area contributed by atoms with Gasteiger partial charge in [-0.3, -0.25) is 9.67 Å². The molecule has 0 atom stereocenters. The second-order valence-corrected chi connectivity index (χ2v) is 7.38. The van der Waals surface area contributed by atoms with Crippen molar-refractivity contribution in [3.63, 3.8) is 0 Å². The summed E-state index contributed by atoms with van der Waals surface area (Å²) in [6.07, 6.45) is 5.21. The van der Waals surface area contributed by atoms with E-state index in [0.29, 0.717) is 34.3 Å². The fourth-order valence-corrected chi connectivity index (χ4v) is 3.52. The van der Waals surface area contributed by atoms with Crippen molar-refractivity contribution in [2.24, 2.45) is 22.3 Å². The Balaban J connectivity index is 1.64. The van der Waals surface area contributed by atoms with Crippen molar-refractivity contribution in [2.75, 3.05) is 32.3 Å². The number of methoxy groups -OCH3 is 2. The summed E-state index contributed by atoms with van der Waals surface area (Å²) in [6.45, 7) is 0.364. The third kappa shape index (κ3) is 4.00. The molecule has 4 heterocycles. The maximum atomic E-state index is 15.4. The number of aryl methyl sites for hydroxylation is 1. The molecule has 34 heavy (non-hydrogen) atoms. The molecule has 0 saturated heterocycles. The predicted molar refractivity (Wildman–Crippen MR) is 123 cm³/mol. The number of fused-ring (bicyclic) bond motifs is 1. The zero-order valence-corrected chi connectivity index (χ0v) is 18.7. The summed E-state index contributed by atoms with van der Waals surface area (Å²) in [5.41, 5.74) is 2.61. The maximum Gasteiger partial charge on any atom is 0.188 e. The second-order valence-electron chi connectivity index (χ2n) is 7.38. The Morgan fingerprint density at radius 1 is 1.12 bits per heavy atom. The number of nitrogens with zero attached hydrogens (tertiary/aromatic N) is 9. The summed E-state index contributed by atoms with van der Waals surface area (Å²) >= 11 is 0. The lowest BCUT2D eigenvalue weighted by Crippen LogP contribution is -2.26. The van der Waals surface area contributed by atoms with Crippen LogP contribution in [0.15, 0.2) is 58.1 Å². The van der Waals surface area contributed by atoms with Gasteiger partial charge in [-0.25, -0.2) is 19.4 Å². The van der Waals surface area contributed by atoms with Crippen LogP contribution in [0.5, 0.6) is 11.5 Å². The highest BCUT2D eigenvalue weighted by atomic mass is 19.1. The van der Waals surface area contributed by atoms with Gasteiger partial charge in [0.1, 0.15) is 17.1 Å². The molecule has 0 radical (unpaired) electrons. The molecule has 1 aliphatic heterocycles. The van der Waals surface area contributed by atoms with Crippen LogP contribution in [0.2, 0.25) is 0 Å². The van der Waals surface area contributed by atoms with E-state index in [0.717, 1.165) is 5.56 Å². The molecule has 3 aromatic heterocycles. The Labute approximate surface area is 193 Å². The molecule has 0 bridgehead atoms. The van der Waals surface area contributed by atoms with Gasteiger partial charge in [0, 0.05) is 30.9 Å². The summed E-state index contributed by atoms with van der Waals surface area (Å²) < 4.78 is 27.7. The van der Waals surface area contributed by atoms with Gasteiger partial charge < -0.3 is 14.4 Å². The Hall–Kier alpha value is -4.48. The van der Waals surface area contributed by atoms with E-state index in [4.69, 9.17) is 9.47 Å². The van der Waals surface area contributed by atoms with Crippen LogP contribution in [0.4, 0.5) is 15.9 Å². The number of benzene rings is 1. The number of aromatic nitrogens is 5. The van der Waals surface area contributed by atoms with Crippen LogP contribution in [-0.4, -0.2) is 58.0 Å². The fraction of sp³-hybridized carbons (Fsp3) is 0.227. The number of pyridine rings is 1. The standard InChI is InChI=1S/C22H20FN9O2/c1-31-10-13(8-27-31)16-9-24-15-4-5-20(29-22(15)28-16)32(11-19-25-12-26-30-19)17-6-14(33-2)7-18(34-3)21(17)23/h4-10H,11-12H2,1-3H3. The minimum Gasteiger partial charge on any atom is -0.497 e. The molecular formula is C22H20FN9O2. The zero-order valence-electron chi connectivity index (χ0n) is 18.7. The maximum absolute atomic E-state index is 15.4. The van der Waals surface area contributed by atoms with Gasteiger partial charge in [-0.05, 0) is 12.1 Å². The van der Waals surface area contributed by atoms with Crippen LogP contribution >= 0.6 is 0 Å². The van der Waals surface area contributed by atoms with Crippen molar-refractivity contribution in [3.8, 4) is 22.8 Å². The third-order valence-corrected chi connectivity index (χ3v) is 5.21. The number of halogens is 1. The van der Waals surface area contributed by atoms with Gasteiger partial charge in [0.05, 0.1) is 44.5 Å². The highest BCUT2D eigenvalue weighted by Gasteiger charge is 2.23. The fourth-order valence-electron chi connectivity index (χ4n) is 3.52. The molecule has 0 spiro atoms. The van der Waals surface area contributed by atoms with Gasteiger partial charge in [-0.2, -0.15) is 10.2 Å². The minimum atomic E-state index is -0.573. The van der Waals surface area contributed by atoms with Crippen molar-refractivity contribution in [1.82, 2.24) is 24.7 Å². The molecule has 0 N–H and O–H groups in total. The van der Waals surface area contributed by atoms with Gasteiger partial charge in [0.15, 0.2) is 29.7 Å². The Morgan fingerprint density at radius 2 is 2.00 bits per heavy atom. The first kappa shape index (κ1) is 21.4. The van der Waals surface area contributed by atoms with Gasteiger partial charge in [-0.15, -0.1) is 5.11 Å². The monoisotopic (exact) mass is 461 g/mol. The molecule has 0 amide bonds. The molecule has 0 aliphatic carbocycles. The first-order chi connectivity index (χ1) is 16.6. The first-order valence-corrected chi connectivity index (χ1v) is 10.3. The van der Waals surface area contributed by atoms with Crippen molar-refractivity contribution >= 4 is 28.5 Å². The van der Waals surface area contributed by atoms with E-state index in [-0.39, 0.29) is 24.7 Å². The van der Waals surface area contributed by atoms with Crippen LogP contribution in [0, 0.1) is 5.82 Å². The summed E-state index contributed by atoms with van der Waals surface area (Å²) in [6, 6.07) is 6.55. The summed E-state index contributed by atoms with van der Waals surface area (Å²) in [7, 11) is 4.72. The van der Waals surface area contributed by atoms with Crippen LogP contribution in [-0.2, 0) is 7.05 Å². The zero-order chi connectivity index (χ0) is 23.7. The number of ether oxygens (including phenoxy) is 2. The lowest BCUT2D eigenvalue weighted by atomic mass is 10.2. The molecule has 4 aromatic rings. The Morgan fingerprint density at radius 3 is 2.71 bits per heavy atom. The molecule has 5 rings (SSSR count). The third-order valence-electron chi connectivity index (χ3n) is 5.21. The number of anilines is 2. The Kier molecular flexibility index (Phi) is 5.54. The van der Waals surface area contributed by atoms with Crippen molar-refractivity contribution < 1.29 is 13.9 Å². The van der Waals surface area contributed by atoms with Crippen molar-refractivity contribution in [2.45, 2.75) is 0 Å². The van der Waals surface area contributed by atoms with E-state index in [1.54, 1.807) is 40.2 Å². The normalized spacial score (nSPS) is 12.8. The van der Waals surface area contributed by atoms with Crippen molar-refractivity contribution in [1.29, 1.82) is 0 Å². The lowest BCUT2D eigenvalue weighted by Gasteiger charge is -2.24. The van der Waals surface area contributed by atoms with Crippen LogP contribution in [0.1, 0.15) is 0 Å². The highest BCUT2D eigenvalue weighted by molar-refractivity contribution is 5.90. The van der Waals surface area contributed by atoms with Gasteiger partial charge in [-0.1, -0.05) is 0 Å². The van der Waals surface area contributed by atoms with Gasteiger partial charge in [0.25, 0.3) is 0 Å². The summed E-state index contributed by atoms with van der Waals surface area (Å²) in [4.78, 5) is 19.7. The van der Waals surface area contributed by atoms with E-state index in [1.807, 2.05) is 13.2 Å². The van der Waals surface area contributed by atoms with E-state index in [9.17, 15) is 0 Å². The van der Waals surface area contributed by atoms with Crippen LogP contribution < -0.4 is 14.4 Å². The van der Waals surface area contributed by atoms with E-state index in [2.05, 4.69) is 35.3 Å². The first-order valence-electron chi connectivity index (χ1n) is 10.3. The largest absolute Gasteiger partial charge is 0.497 e. The van der Waals surface area contributed by atoms with Gasteiger partial charge in [0.2, 0.25) is 0 Å². The molecule has 0 unspecified atom stereocenters. The number of rotatable bonds is 7. The topological polar surface area (TPSA) is 115 Å². The SMILES string of the molecule is COc1cc(OC)c(F)c(N(CC2=NCN=N2)c2ccc3ncc(-c4cnn(C)c4)nc3n2)c1. The number of aliphatic imine (C=N–C) groups is 1. The van der Waals surface area contributed by atoms with Crippen LogP contribution in [0.3, 0.4) is 0 Å². The highest BCUT2D eigenvalue weighted by Crippen LogP contribution is 2.36. The average Bonchev–Trinajstić information content (AvgIpc) is 3.54. The molecule has 1 aliphatic rings. The number of azo groups is 1. The van der Waals surface area contributed by atoms with E-state index in [1.165, 1.54) is 20.3 Å². The molecule has 1 aromatic carbocycles. The Bertz CT molecular complexity index is 1430. The molecule has 0 fully saturated rings. The summed E-state index contributed by atoms with van der Waals surface area (Å²) in [5.74, 6) is 0.750. The predicted octanol–water partition coefficient (Wildman–Crippen LogP) is 3.54. The lowest BCUT2D eigenvalue weighted by molar-refractivity contribution is 0.374. The van der Waals surface area contributed by atoms with E-state index >= 15 is 4.39 Å². The number of amidine groups is 1. The van der Waals surface area contributed by atoms with Crippen LogP contribution in [0.25, 0.3) is 22.4 Å². The van der Waals surface area contributed by atoms with Gasteiger partial charge >= 0.3 is 0 Å². The molecular weight excluding hydrogens is 441 g/mol. The molecule has 172 valence electrons.